The molecule has 0 aliphatic carbocycles. The van der Waals surface area contributed by atoms with Crippen molar-refractivity contribution in [1.82, 2.24) is 10.2 Å². The molecule has 1 saturated heterocycles. The van der Waals surface area contributed by atoms with Crippen molar-refractivity contribution >= 4 is 6.09 Å². The van der Waals surface area contributed by atoms with Gasteiger partial charge in [-0.2, -0.15) is 0 Å². The Balaban J connectivity index is 1.71. The lowest BCUT2D eigenvalue weighted by Crippen LogP contribution is -2.38. The monoisotopic (exact) mass is 262 g/mol. The number of rotatable bonds is 4. The molecule has 0 aromatic heterocycles. The first kappa shape index (κ1) is 13.9. The van der Waals surface area contributed by atoms with E-state index in [0.717, 1.165) is 25.1 Å². The van der Waals surface area contributed by atoms with Crippen molar-refractivity contribution in [3.05, 3.63) is 35.9 Å². The minimum absolute atomic E-state index is 0.214. The summed E-state index contributed by atoms with van der Waals surface area (Å²) in [7, 11) is 0. The summed E-state index contributed by atoms with van der Waals surface area (Å²) in [5.41, 5.74) is 1.01. The molecule has 1 fully saturated rings. The quantitative estimate of drug-likeness (QED) is 0.906. The minimum Gasteiger partial charge on any atom is -0.445 e. The van der Waals surface area contributed by atoms with Gasteiger partial charge in [0.2, 0.25) is 0 Å². The third-order valence-corrected chi connectivity index (χ3v) is 3.48. The van der Waals surface area contributed by atoms with Crippen LogP contribution in [0.3, 0.4) is 0 Å². The van der Waals surface area contributed by atoms with E-state index in [2.05, 4.69) is 24.1 Å². The zero-order chi connectivity index (χ0) is 13.7. The van der Waals surface area contributed by atoms with Gasteiger partial charge in [0.1, 0.15) is 6.61 Å². The Morgan fingerprint density at radius 2 is 2.16 bits per heavy atom. The Morgan fingerprint density at radius 3 is 2.79 bits per heavy atom. The van der Waals surface area contributed by atoms with Crippen LogP contribution in [-0.4, -0.2) is 36.2 Å². The number of carbonyl (C=O) groups is 1. The van der Waals surface area contributed by atoms with E-state index in [1.807, 2.05) is 30.3 Å². The van der Waals surface area contributed by atoms with Gasteiger partial charge in [0.15, 0.2) is 0 Å². The molecule has 104 valence electrons. The number of hydrogen-bond acceptors (Lipinski definition) is 3. The minimum atomic E-state index is -0.320. The van der Waals surface area contributed by atoms with Crippen LogP contribution in [-0.2, 0) is 11.3 Å². The number of likely N-dealkylation sites (tertiary alicyclic amines) is 1. The molecule has 19 heavy (non-hydrogen) atoms. The zero-order valence-corrected chi connectivity index (χ0v) is 11.6. The summed E-state index contributed by atoms with van der Waals surface area (Å²) in [4.78, 5) is 14.1. The normalized spacial score (nSPS) is 19.6. The van der Waals surface area contributed by atoms with Crippen molar-refractivity contribution in [2.45, 2.75) is 39.0 Å². The van der Waals surface area contributed by atoms with Gasteiger partial charge in [-0.05, 0) is 25.8 Å². The Labute approximate surface area is 114 Å². The summed E-state index contributed by atoms with van der Waals surface area (Å²) in [5.74, 6) is 0. The van der Waals surface area contributed by atoms with Crippen LogP contribution in [0, 0.1) is 0 Å². The van der Waals surface area contributed by atoms with E-state index in [4.69, 9.17) is 4.74 Å². The van der Waals surface area contributed by atoms with Gasteiger partial charge < -0.3 is 10.1 Å². The second kappa shape index (κ2) is 6.57. The summed E-state index contributed by atoms with van der Waals surface area (Å²) >= 11 is 0. The molecular formula is C15H22N2O2. The maximum atomic E-state index is 11.7. The summed E-state index contributed by atoms with van der Waals surface area (Å²) in [5, 5.41) is 2.93. The molecule has 4 nitrogen and oxygen atoms in total. The lowest BCUT2D eigenvalue weighted by Gasteiger charge is -2.20. The van der Waals surface area contributed by atoms with E-state index in [9.17, 15) is 4.79 Å². The van der Waals surface area contributed by atoms with Crippen molar-refractivity contribution in [3.8, 4) is 0 Å². The average Bonchev–Trinajstić information content (AvgIpc) is 2.86. The van der Waals surface area contributed by atoms with Crippen molar-refractivity contribution in [3.63, 3.8) is 0 Å². The first-order chi connectivity index (χ1) is 9.15. The number of ether oxygens (including phenoxy) is 1. The second-order valence-corrected chi connectivity index (χ2v) is 5.28. The van der Waals surface area contributed by atoms with Crippen LogP contribution in [0.4, 0.5) is 4.79 Å². The van der Waals surface area contributed by atoms with Gasteiger partial charge in [-0.3, -0.25) is 4.90 Å². The van der Waals surface area contributed by atoms with Gasteiger partial charge in [-0.25, -0.2) is 4.79 Å². The van der Waals surface area contributed by atoms with Crippen LogP contribution in [0.5, 0.6) is 0 Å². The highest BCUT2D eigenvalue weighted by Gasteiger charge is 2.25. The fraction of sp³-hybridized carbons (Fsp3) is 0.533. The van der Waals surface area contributed by atoms with Gasteiger partial charge in [0.25, 0.3) is 0 Å². The fourth-order valence-electron chi connectivity index (χ4n) is 2.31. The molecule has 1 atom stereocenters. The molecule has 1 aromatic carbocycles. The highest BCUT2D eigenvalue weighted by Crippen LogP contribution is 2.12. The lowest BCUT2D eigenvalue weighted by atomic mass is 10.2. The maximum Gasteiger partial charge on any atom is 0.407 e. The molecular weight excluding hydrogens is 240 g/mol. The number of benzene rings is 1. The molecule has 0 bridgehead atoms. The number of nitrogens with zero attached hydrogens (tertiary/aromatic N) is 1. The standard InChI is InChI=1S/C15H22N2O2/c1-12(2)17-9-8-14(10-17)16-15(18)19-11-13-6-4-3-5-7-13/h3-7,12,14H,8-11H2,1-2H3,(H,16,18)/t14-/m1/s1. The average molecular weight is 262 g/mol. The molecule has 0 spiro atoms. The third kappa shape index (κ3) is 4.24. The molecule has 1 aromatic rings. The number of carbonyl (C=O) groups excluding carboxylic acids is 1. The molecule has 0 saturated carbocycles. The van der Waals surface area contributed by atoms with E-state index in [1.165, 1.54) is 0 Å². The molecule has 0 radical (unpaired) electrons. The topological polar surface area (TPSA) is 41.6 Å². The van der Waals surface area contributed by atoms with Crippen molar-refractivity contribution in [2.24, 2.45) is 0 Å². The highest BCUT2D eigenvalue weighted by atomic mass is 16.5. The molecule has 1 aliphatic rings. The molecule has 1 amide bonds. The van der Waals surface area contributed by atoms with Gasteiger partial charge in [0.05, 0.1) is 0 Å². The van der Waals surface area contributed by atoms with E-state index >= 15 is 0 Å². The van der Waals surface area contributed by atoms with Crippen LogP contribution in [0.15, 0.2) is 30.3 Å². The molecule has 1 N–H and O–H groups in total. The van der Waals surface area contributed by atoms with Gasteiger partial charge in [0, 0.05) is 25.2 Å². The van der Waals surface area contributed by atoms with Crippen LogP contribution >= 0.6 is 0 Å². The summed E-state index contributed by atoms with van der Waals surface area (Å²) < 4.78 is 5.22. The molecule has 4 heteroatoms. The van der Waals surface area contributed by atoms with E-state index in [1.54, 1.807) is 0 Å². The van der Waals surface area contributed by atoms with Crippen molar-refractivity contribution in [1.29, 1.82) is 0 Å². The summed E-state index contributed by atoms with van der Waals surface area (Å²) in [6, 6.07) is 10.5. The highest BCUT2D eigenvalue weighted by molar-refractivity contribution is 5.67. The van der Waals surface area contributed by atoms with Crippen molar-refractivity contribution < 1.29 is 9.53 Å². The Kier molecular flexibility index (Phi) is 4.80. The number of nitrogens with one attached hydrogen (secondary N) is 1. The van der Waals surface area contributed by atoms with Crippen LogP contribution in [0.1, 0.15) is 25.8 Å². The van der Waals surface area contributed by atoms with Crippen LogP contribution in [0.25, 0.3) is 0 Å². The zero-order valence-electron chi connectivity index (χ0n) is 11.6. The molecule has 1 heterocycles. The third-order valence-electron chi connectivity index (χ3n) is 3.48. The number of amides is 1. The van der Waals surface area contributed by atoms with Crippen LogP contribution in [0.2, 0.25) is 0 Å². The van der Waals surface area contributed by atoms with Crippen molar-refractivity contribution in [2.75, 3.05) is 13.1 Å². The predicted molar refractivity (Wildman–Crippen MR) is 74.9 cm³/mol. The Bertz CT molecular complexity index is 406. The maximum absolute atomic E-state index is 11.7. The largest absolute Gasteiger partial charge is 0.445 e. The van der Waals surface area contributed by atoms with E-state index in [-0.39, 0.29) is 12.1 Å². The Hall–Kier alpha value is -1.55. The predicted octanol–water partition coefficient (Wildman–Crippen LogP) is 2.40. The Morgan fingerprint density at radius 1 is 1.42 bits per heavy atom. The summed E-state index contributed by atoms with van der Waals surface area (Å²) in [6.07, 6.45) is 0.679. The molecule has 2 rings (SSSR count). The van der Waals surface area contributed by atoms with E-state index < -0.39 is 0 Å². The smallest absolute Gasteiger partial charge is 0.407 e. The molecule has 0 unspecified atom stereocenters. The lowest BCUT2D eigenvalue weighted by molar-refractivity contribution is 0.135. The molecule has 1 aliphatic heterocycles. The summed E-state index contributed by atoms with van der Waals surface area (Å²) in [6.45, 7) is 6.64. The second-order valence-electron chi connectivity index (χ2n) is 5.28. The van der Waals surface area contributed by atoms with Gasteiger partial charge in [-0.1, -0.05) is 30.3 Å². The first-order valence-electron chi connectivity index (χ1n) is 6.86. The van der Waals surface area contributed by atoms with Gasteiger partial charge >= 0.3 is 6.09 Å². The van der Waals surface area contributed by atoms with E-state index in [0.29, 0.717) is 12.6 Å². The SMILES string of the molecule is CC(C)N1CC[C@@H](NC(=O)OCc2ccccc2)C1. The number of alkyl carbamates (subject to hydrolysis) is 1. The fourth-order valence-corrected chi connectivity index (χ4v) is 2.31. The van der Waals surface area contributed by atoms with Crippen LogP contribution < -0.4 is 5.32 Å². The first-order valence-corrected chi connectivity index (χ1v) is 6.86. The van der Waals surface area contributed by atoms with Gasteiger partial charge in [-0.15, -0.1) is 0 Å². The number of hydrogen-bond donors (Lipinski definition) is 1.